The molecule has 0 aliphatic carbocycles. The predicted octanol–water partition coefficient (Wildman–Crippen LogP) is 3.56. The van der Waals surface area contributed by atoms with E-state index in [0.717, 1.165) is 17.7 Å². The molecule has 0 aromatic heterocycles. The van der Waals surface area contributed by atoms with Crippen LogP contribution in [0.15, 0.2) is 54.6 Å². The topological polar surface area (TPSA) is 58.6 Å². The molecule has 0 saturated carbocycles. The maximum Gasteiger partial charge on any atom is 0.239 e. The number of para-hydroxylation sites is 2. The van der Waals surface area contributed by atoms with Gasteiger partial charge in [-0.15, -0.1) is 0 Å². The third-order valence-electron chi connectivity index (χ3n) is 5.80. The van der Waals surface area contributed by atoms with E-state index < -0.39 is 5.92 Å². The van der Waals surface area contributed by atoms with Gasteiger partial charge in [-0.05, 0) is 30.5 Å². The Hall–Kier alpha value is -2.66. The third-order valence-corrected chi connectivity index (χ3v) is 5.80. The zero-order chi connectivity index (χ0) is 19.8. The van der Waals surface area contributed by atoms with Gasteiger partial charge in [0.05, 0.1) is 24.6 Å². The summed E-state index contributed by atoms with van der Waals surface area (Å²) in [5.74, 6) is 0.149. The van der Waals surface area contributed by atoms with Gasteiger partial charge in [0.25, 0.3) is 0 Å². The second kappa shape index (κ2) is 7.40. The number of methoxy groups -OCH3 is 1. The summed E-state index contributed by atoms with van der Waals surface area (Å²) in [6.07, 6.45) is 0.842. The van der Waals surface area contributed by atoms with E-state index in [1.54, 1.807) is 7.11 Å². The largest absolute Gasteiger partial charge is 0.496 e. The van der Waals surface area contributed by atoms with Gasteiger partial charge in [-0.1, -0.05) is 50.2 Å². The summed E-state index contributed by atoms with van der Waals surface area (Å²) in [6, 6.07) is 16.7. The average molecular weight is 378 g/mol. The minimum Gasteiger partial charge on any atom is -0.496 e. The maximum absolute atomic E-state index is 13.4. The Labute approximate surface area is 165 Å². The second-order valence-electron chi connectivity index (χ2n) is 8.02. The number of fused-ring (bicyclic) bond motifs is 1. The molecule has 2 aliphatic heterocycles. The molecule has 0 bridgehead atoms. The van der Waals surface area contributed by atoms with Crippen LogP contribution < -0.4 is 15.0 Å². The van der Waals surface area contributed by atoms with Crippen LogP contribution >= 0.6 is 0 Å². The van der Waals surface area contributed by atoms with E-state index in [4.69, 9.17) is 4.74 Å². The van der Waals surface area contributed by atoms with Crippen molar-refractivity contribution in [3.8, 4) is 5.75 Å². The molecule has 146 valence electrons. The van der Waals surface area contributed by atoms with Crippen molar-refractivity contribution in [2.45, 2.75) is 32.4 Å². The van der Waals surface area contributed by atoms with E-state index in [0.29, 0.717) is 11.6 Å². The molecular formula is C23H26N2O3. The van der Waals surface area contributed by atoms with Gasteiger partial charge < -0.3 is 10.1 Å². The van der Waals surface area contributed by atoms with Gasteiger partial charge in [0.1, 0.15) is 5.75 Å². The molecule has 2 saturated heterocycles. The van der Waals surface area contributed by atoms with E-state index in [2.05, 4.69) is 19.2 Å². The van der Waals surface area contributed by atoms with Crippen LogP contribution in [0.5, 0.6) is 5.75 Å². The maximum atomic E-state index is 13.4. The van der Waals surface area contributed by atoms with Gasteiger partial charge in [0, 0.05) is 17.6 Å². The van der Waals surface area contributed by atoms with E-state index in [1.165, 1.54) is 4.90 Å². The summed E-state index contributed by atoms with van der Waals surface area (Å²) in [5, 5.41) is 3.60. The molecule has 2 aliphatic rings. The van der Waals surface area contributed by atoms with Crippen molar-refractivity contribution in [3.05, 3.63) is 60.2 Å². The summed E-state index contributed by atoms with van der Waals surface area (Å²) in [7, 11) is 1.63. The molecule has 4 atom stereocenters. The van der Waals surface area contributed by atoms with E-state index in [1.807, 2.05) is 54.6 Å². The number of rotatable bonds is 5. The van der Waals surface area contributed by atoms with Crippen molar-refractivity contribution in [2.75, 3.05) is 12.0 Å². The number of carbonyl (C=O) groups excluding carboxylic acids is 2. The van der Waals surface area contributed by atoms with Gasteiger partial charge in [-0.25, -0.2) is 4.90 Å². The lowest BCUT2D eigenvalue weighted by Gasteiger charge is -2.24. The highest BCUT2D eigenvalue weighted by Gasteiger charge is 2.59. The van der Waals surface area contributed by atoms with Crippen LogP contribution in [0, 0.1) is 17.8 Å². The van der Waals surface area contributed by atoms with Crippen molar-refractivity contribution in [1.82, 2.24) is 5.32 Å². The highest BCUT2D eigenvalue weighted by molar-refractivity contribution is 6.22. The molecule has 1 N–H and O–H groups in total. The first-order valence-corrected chi connectivity index (χ1v) is 9.84. The first kappa shape index (κ1) is 18.7. The van der Waals surface area contributed by atoms with E-state index in [9.17, 15) is 9.59 Å². The Bertz CT molecular complexity index is 880. The molecule has 2 amide bonds. The van der Waals surface area contributed by atoms with E-state index >= 15 is 0 Å². The fourth-order valence-electron chi connectivity index (χ4n) is 4.68. The number of nitrogens with one attached hydrogen (secondary N) is 1. The smallest absolute Gasteiger partial charge is 0.239 e. The van der Waals surface area contributed by atoms with Crippen molar-refractivity contribution >= 4 is 17.5 Å². The van der Waals surface area contributed by atoms with Crippen LogP contribution in [0.25, 0.3) is 0 Å². The molecule has 28 heavy (non-hydrogen) atoms. The zero-order valence-electron chi connectivity index (χ0n) is 16.5. The monoisotopic (exact) mass is 378 g/mol. The molecule has 5 heteroatoms. The molecule has 0 radical (unpaired) electrons. The van der Waals surface area contributed by atoms with Crippen LogP contribution in [0.4, 0.5) is 5.69 Å². The number of imide groups is 1. The Morgan fingerprint density at radius 2 is 1.61 bits per heavy atom. The zero-order valence-corrected chi connectivity index (χ0v) is 16.5. The Morgan fingerprint density at radius 3 is 2.29 bits per heavy atom. The highest BCUT2D eigenvalue weighted by atomic mass is 16.5. The Kier molecular flexibility index (Phi) is 4.94. The molecule has 2 fully saturated rings. The molecule has 4 rings (SSSR count). The molecule has 2 aromatic carbocycles. The van der Waals surface area contributed by atoms with Crippen LogP contribution in [-0.2, 0) is 9.59 Å². The van der Waals surface area contributed by atoms with Crippen molar-refractivity contribution in [1.29, 1.82) is 0 Å². The fraction of sp³-hybridized carbons (Fsp3) is 0.391. The standard InChI is InChI=1S/C23H26N2O3/c1-14(2)13-17-19-20(21(24-17)16-11-7-8-12-18(16)28-3)23(27)25(22(19)26)15-9-5-4-6-10-15/h4-12,14,17,19-21,24H,13H2,1-3H3/t17-,19+,20+,21+/m1/s1. The van der Waals surface area contributed by atoms with Crippen molar-refractivity contribution < 1.29 is 14.3 Å². The number of amides is 2. The first-order valence-electron chi connectivity index (χ1n) is 9.84. The van der Waals surface area contributed by atoms with Crippen LogP contribution in [0.2, 0.25) is 0 Å². The van der Waals surface area contributed by atoms with Gasteiger partial charge in [-0.2, -0.15) is 0 Å². The van der Waals surface area contributed by atoms with Crippen LogP contribution in [-0.4, -0.2) is 25.0 Å². The summed E-state index contributed by atoms with van der Waals surface area (Å²) < 4.78 is 5.55. The lowest BCUT2D eigenvalue weighted by atomic mass is 9.84. The quantitative estimate of drug-likeness (QED) is 0.809. The molecule has 2 heterocycles. The summed E-state index contributed by atoms with van der Waals surface area (Å²) in [6.45, 7) is 4.28. The SMILES string of the molecule is COc1ccccc1[C@@H]1N[C@H](CC(C)C)[C@@H]2C(=O)N(c3ccccc3)C(=O)[C@@H]21. The van der Waals surface area contributed by atoms with Crippen molar-refractivity contribution in [3.63, 3.8) is 0 Å². The lowest BCUT2D eigenvalue weighted by molar-refractivity contribution is -0.123. The Balaban J connectivity index is 1.77. The molecular weight excluding hydrogens is 352 g/mol. The summed E-state index contributed by atoms with van der Waals surface area (Å²) in [4.78, 5) is 28.2. The van der Waals surface area contributed by atoms with Crippen molar-refractivity contribution in [2.24, 2.45) is 17.8 Å². The number of anilines is 1. The number of benzene rings is 2. The number of hydrogen-bond donors (Lipinski definition) is 1. The third kappa shape index (κ3) is 3.00. The molecule has 0 spiro atoms. The number of nitrogens with zero attached hydrogens (tertiary/aromatic N) is 1. The lowest BCUT2D eigenvalue weighted by Crippen LogP contribution is -2.40. The highest BCUT2D eigenvalue weighted by Crippen LogP contribution is 2.48. The normalized spacial score (nSPS) is 26.8. The number of ether oxygens (including phenoxy) is 1. The average Bonchev–Trinajstić information content (AvgIpc) is 3.18. The summed E-state index contributed by atoms with van der Waals surface area (Å²) >= 11 is 0. The minimum absolute atomic E-state index is 0.0370. The predicted molar refractivity (Wildman–Crippen MR) is 108 cm³/mol. The van der Waals surface area contributed by atoms with Gasteiger partial charge >= 0.3 is 0 Å². The Morgan fingerprint density at radius 1 is 0.964 bits per heavy atom. The second-order valence-corrected chi connectivity index (χ2v) is 8.02. The van der Waals surface area contributed by atoms with Gasteiger partial charge in [0.2, 0.25) is 11.8 Å². The minimum atomic E-state index is -0.423. The number of carbonyl (C=O) groups is 2. The fourth-order valence-corrected chi connectivity index (χ4v) is 4.68. The van der Waals surface area contributed by atoms with Gasteiger partial charge in [-0.3, -0.25) is 9.59 Å². The van der Waals surface area contributed by atoms with Gasteiger partial charge in [0.15, 0.2) is 0 Å². The van der Waals surface area contributed by atoms with Crippen LogP contribution in [0.3, 0.4) is 0 Å². The van der Waals surface area contributed by atoms with Crippen LogP contribution in [0.1, 0.15) is 31.9 Å². The molecule has 0 unspecified atom stereocenters. The number of hydrogen-bond acceptors (Lipinski definition) is 4. The first-order chi connectivity index (χ1) is 13.5. The molecule has 5 nitrogen and oxygen atoms in total. The summed E-state index contributed by atoms with van der Waals surface area (Å²) in [5.41, 5.74) is 1.58. The van der Waals surface area contributed by atoms with E-state index in [-0.39, 0.29) is 29.8 Å². The molecule has 2 aromatic rings.